The fourth-order valence-electron chi connectivity index (χ4n) is 1.52. The van der Waals surface area contributed by atoms with Gasteiger partial charge < -0.3 is 9.68 Å². The molecule has 2 aromatic rings. The molecule has 0 aliphatic heterocycles. The van der Waals surface area contributed by atoms with Crippen LogP contribution in [-0.2, 0) is 11.2 Å². The second-order valence-electron chi connectivity index (χ2n) is 3.63. The highest BCUT2D eigenvalue weighted by Gasteiger charge is 2.17. The van der Waals surface area contributed by atoms with Crippen molar-refractivity contribution in [2.75, 3.05) is 6.61 Å². The molecule has 1 N–H and O–H groups in total. The van der Waals surface area contributed by atoms with E-state index in [4.69, 9.17) is 4.65 Å². The average molecular weight is 231 g/mol. The first-order chi connectivity index (χ1) is 8.29. The van der Waals surface area contributed by atoms with Gasteiger partial charge in [-0.05, 0) is 24.6 Å². The van der Waals surface area contributed by atoms with E-state index in [9.17, 15) is 5.02 Å². The SMILES string of the molecule is CCOB(O)c1cnn(Cc2ccncc2)c1. The second-order valence-corrected chi connectivity index (χ2v) is 3.63. The molecule has 2 rings (SSSR count). The van der Waals surface area contributed by atoms with E-state index in [2.05, 4.69) is 10.1 Å². The Balaban J connectivity index is 2.04. The maximum absolute atomic E-state index is 9.61. The first-order valence-corrected chi connectivity index (χ1v) is 5.50. The molecule has 0 radical (unpaired) electrons. The quantitative estimate of drug-likeness (QED) is 0.738. The van der Waals surface area contributed by atoms with Gasteiger partial charge in [0.25, 0.3) is 0 Å². The zero-order valence-corrected chi connectivity index (χ0v) is 9.65. The van der Waals surface area contributed by atoms with Crippen LogP contribution < -0.4 is 5.46 Å². The molecule has 0 saturated heterocycles. The number of hydrogen-bond donors (Lipinski definition) is 1. The maximum Gasteiger partial charge on any atom is 0.494 e. The molecule has 0 atom stereocenters. The van der Waals surface area contributed by atoms with E-state index >= 15 is 0 Å². The summed E-state index contributed by atoms with van der Waals surface area (Å²) in [7, 11) is -0.897. The van der Waals surface area contributed by atoms with Gasteiger partial charge in [-0.3, -0.25) is 9.67 Å². The van der Waals surface area contributed by atoms with Gasteiger partial charge in [-0.15, -0.1) is 0 Å². The van der Waals surface area contributed by atoms with Crippen LogP contribution in [0.3, 0.4) is 0 Å². The molecular formula is C11H14BN3O2. The Labute approximate surface area is 100 Å². The number of pyridine rings is 1. The summed E-state index contributed by atoms with van der Waals surface area (Å²) in [6.07, 6.45) is 6.88. The fourth-order valence-corrected chi connectivity index (χ4v) is 1.52. The van der Waals surface area contributed by atoms with Crippen LogP contribution in [-0.4, -0.2) is 33.5 Å². The van der Waals surface area contributed by atoms with E-state index in [1.165, 1.54) is 0 Å². The summed E-state index contributed by atoms with van der Waals surface area (Å²) in [6.45, 7) is 2.96. The molecule has 0 unspecified atom stereocenters. The summed E-state index contributed by atoms with van der Waals surface area (Å²) >= 11 is 0. The van der Waals surface area contributed by atoms with E-state index in [0.717, 1.165) is 5.56 Å². The van der Waals surface area contributed by atoms with Crippen molar-refractivity contribution in [3.05, 3.63) is 42.5 Å². The number of nitrogens with zero attached hydrogens (tertiary/aromatic N) is 3. The van der Waals surface area contributed by atoms with Crippen molar-refractivity contribution in [3.63, 3.8) is 0 Å². The van der Waals surface area contributed by atoms with Crippen LogP contribution in [0.25, 0.3) is 0 Å². The summed E-state index contributed by atoms with van der Waals surface area (Å²) in [6, 6.07) is 3.86. The molecule has 0 amide bonds. The fraction of sp³-hybridized carbons (Fsp3) is 0.273. The van der Waals surface area contributed by atoms with Crippen LogP contribution in [0.2, 0.25) is 0 Å². The molecule has 0 aliphatic carbocycles. The Morgan fingerprint density at radius 2 is 2.18 bits per heavy atom. The van der Waals surface area contributed by atoms with Crippen molar-refractivity contribution in [2.45, 2.75) is 13.5 Å². The lowest BCUT2D eigenvalue weighted by Gasteiger charge is -2.02. The zero-order chi connectivity index (χ0) is 12.1. The third-order valence-corrected chi connectivity index (χ3v) is 2.36. The molecule has 0 fully saturated rings. The number of aromatic nitrogens is 3. The van der Waals surface area contributed by atoms with Crippen molar-refractivity contribution < 1.29 is 9.68 Å². The highest BCUT2D eigenvalue weighted by molar-refractivity contribution is 6.59. The molecular weight excluding hydrogens is 217 g/mol. The predicted molar refractivity (Wildman–Crippen MR) is 64.8 cm³/mol. The lowest BCUT2D eigenvalue weighted by atomic mass is 9.82. The average Bonchev–Trinajstić information content (AvgIpc) is 2.79. The van der Waals surface area contributed by atoms with Crippen LogP contribution in [0.5, 0.6) is 0 Å². The van der Waals surface area contributed by atoms with Crippen LogP contribution in [0, 0.1) is 0 Å². The maximum atomic E-state index is 9.61. The van der Waals surface area contributed by atoms with Gasteiger partial charge >= 0.3 is 7.12 Å². The topological polar surface area (TPSA) is 60.2 Å². The summed E-state index contributed by atoms with van der Waals surface area (Å²) in [4.78, 5) is 3.96. The van der Waals surface area contributed by atoms with Crippen molar-refractivity contribution >= 4 is 12.6 Å². The Bertz CT molecular complexity index is 461. The van der Waals surface area contributed by atoms with Gasteiger partial charge in [-0.1, -0.05) is 0 Å². The van der Waals surface area contributed by atoms with Crippen molar-refractivity contribution in [3.8, 4) is 0 Å². The van der Waals surface area contributed by atoms with Gasteiger partial charge in [0.2, 0.25) is 0 Å². The van der Waals surface area contributed by atoms with Gasteiger partial charge in [0, 0.05) is 36.9 Å². The monoisotopic (exact) mass is 231 g/mol. The molecule has 0 spiro atoms. The van der Waals surface area contributed by atoms with E-state index in [-0.39, 0.29) is 0 Å². The minimum Gasteiger partial charge on any atom is -0.423 e. The van der Waals surface area contributed by atoms with E-state index in [1.54, 1.807) is 29.5 Å². The Hall–Kier alpha value is -1.66. The molecule has 0 aliphatic rings. The third-order valence-electron chi connectivity index (χ3n) is 2.36. The summed E-state index contributed by atoms with van der Waals surface area (Å²) in [5, 5.41) is 13.8. The summed E-state index contributed by atoms with van der Waals surface area (Å²) < 4.78 is 6.84. The molecule has 0 saturated carbocycles. The van der Waals surface area contributed by atoms with Crippen LogP contribution >= 0.6 is 0 Å². The smallest absolute Gasteiger partial charge is 0.423 e. The molecule has 2 heterocycles. The number of hydrogen-bond acceptors (Lipinski definition) is 4. The van der Waals surface area contributed by atoms with Gasteiger partial charge in [0.1, 0.15) is 0 Å². The van der Waals surface area contributed by atoms with Gasteiger partial charge in [0.15, 0.2) is 0 Å². The van der Waals surface area contributed by atoms with Crippen molar-refractivity contribution in [2.24, 2.45) is 0 Å². The predicted octanol–water partition coefficient (Wildman–Crippen LogP) is 0.0504. The third kappa shape index (κ3) is 3.15. The Morgan fingerprint density at radius 1 is 1.41 bits per heavy atom. The molecule has 5 nitrogen and oxygen atoms in total. The lowest BCUT2D eigenvalue weighted by molar-refractivity contribution is 0.287. The standard InChI is InChI=1S/C11H14BN3O2/c1-2-17-12(16)11-7-14-15(9-11)8-10-3-5-13-6-4-10/h3-7,9,16H,2,8H2,1H3. The van der Waals surface area contributed by atoms with E-state index < -0.39 is 7.12 Å². The van der Waals surface area contributed by atoms with Crippen LogP contribution in [0.1, 0.15) is 12.5 Å². The Kier molecular flexibility index (Phi) is 3.90. The molecule has 0 aromatic carbocycles. The van der Waals surface area contributed by atoms with Crippen molar-refractivity contribution in [1.29, 1.82) is 0 Å². The first kappa shape index (κ1) is 11.8. The van der Waals surface area contributed by atoms with Crippen molar-refractivity contribution in [1.82, 2.24) is 14.8 Å². The molecule has 6 heteroatoms. The van der Waals surface area contributed by atoms with Crippen LogP contribution in [0.15, 0.2) is 36.9 Å². The minimum atomic E-state index is -0.897. The lowest BCUT2D eigenvalue weighted by Crippen LogP contribution is -2.32. The Morgan fingerprint density at radius 3 is 2.88 bits per heavy atom. The summed E-state index contributed by atoms with van der Waals surface area (Å²) in [5.74, 6) is 0. The molecule has 88 valence electrons. The van der Waals surface area contributed by atoms with Gasteiger partial charge in [-0.25, -0.2) is 0 Å². The molecule has 17 heavy (non-hydrogen) atoms. The van der Waals surface area contributed by atoms with Gasteiger partial charge in [-0.2, -0.15) is 5.10 Å². The minimum absolute atomic E-state index is 0.469. The largest absolute Gasteiger partial charge is 0.494 e. The zero-order valence-electron chi connectivity index (χ0n) is 9.65. The normalized spacial score (nSPS) is 10.5. The summed E-state index contributed by atoms with van der Waals surface area (Å²) in [5.41, 5.74) is 1.78. The first-order valence-electron chi connectivity index (χ1n) is 5.50. The van der Waals surface area contributed by atoms with E-state index in [1.807, 2.05) is 19.1 Å². The van der Waals surface area contributed by atoms with Gasteiger partial charge in [0.05, 0.1) is 6.54 Å². The number of rotatable bonds is 5. The highest BCUT2D eigenvalue weighted by atomic mass is 16.5. The van der Waals surface area contributed by atoms with Crippen LogP contribution in [0.4, 0.5) is 0 Å². The molecule has 2 aromatic heterocycles. The molecule has 0 bridgehead atoms. The second kappa shape index (κ2) is 5.61. The van der Waals surface area contributed by atoms with E-state index in [0.29, 0.717) is 18.6 Å². The highest BCUT2D eigenvalue weighted by Crippen LogP contribution is 1.99.